The Hall–Kier alpha value is -7.16. The average Bonchev–Trinajstić information content (AvgIpc) is 3.58. The van der Waals surface area contributed by atoms with E-state index in [0.29, 0.717) is 0 Å². The SMILES string of the molecule is c1ccc(-c2ccccc2N(c2ccc(-c3ccc4ccccc4c3)cc2)c2ccc3c4ccccc4n(-c4ccccc4-c4ccccc4)c3c2)cc1. The molecule has 10 aromatic rings. The highest BCUT2D eigenvalue weighted by Crippen LogP contribution is 2.44. The van der Waals surface area contributed by atoms with Gasteiger partial charge in [-0.25, -0.2) is 0 Å². The van der Waals surface area contributed by atoms with E-state index in [4.69, 9.17) is 0 Å². The Morgan fingerprint density at radius 3 is 1.69 bits per heavy atom. The van der Waals surface area contributed by atoms with Crippen molar-refractivity contribution in [3.8, 4) is 39.1 Å². The molecule has 9 aromatic carbocycles. The fraction of sp³-hybridized carbons (Fsp3) is 0. The van der Waals surface area contributed by atoms with Crippen LogP contribution in [0, 0.1) is 0 Å². The number of benzene rings is 9. The molecule has 2 heteroatoms. The number of anilines is 3. The van der Waals surface area contributed by atoms with Crippen LogP contribution in [0.3, 0.4) is 0 Å². The van der Waals surface area contributed by atoms with Crippen LogP contribution in [-0.4, -0.2) is 4.57 Å². The minimum absolute atomic E-state index is 1.09. The second-order valence-electron chi connectivity index (χ2n) is 13.8. The largest absolute Gasteiger partial charge is 0.310 e. The average molecular weight is 689 g/mol. The zero-order valence-corrected chi connectivity index (χ0v) is 29.7. The molecule has 0 unspecified atom stereocenters. The van der Waals surface area contributed by atoms with Crippen molar-refractivity contribution in [3.05, 3.63) is 218 Å². The minimum atomic E-state index is 1.09. The summed E-state index contributed by atoms with van der Waals surface area (Å²) in [5.41, 5.74) is 13.9. The Kier molecular flexibility index (Phi) is 7.85. The van der Waals surface area contributed by atoms with E-state index in [2.05, 4.69) is 228 Å². The van der Waals surface area contributed by atoms with E-state index < -0.39 is 0 Å². The molecule has 0 aliphatic heterocycles. The first-order chi connectivity index (χ1) is 26.8. The molecule has 54 heavy (non-hydrogen) atoms. The third-order valence-electron chi connectivity index (χ3n) is 10.6. The molecular weight excluding hydrogens is 653 g/mol. The maximum absolute atomic E-state index is 2.45. The lowest BCUT2D eigenvalue weighted by molar-refractivity contribution is 1.18. The van der Waals surface area contributed by atoms with E-state index in [9.17, 15) is 0 Å². The maximum atomic E-state index is 2.45. The zero-order valence-electron chi connectivity index (χ0n) is 29.7. The molecule has 0 amide bonds. The normalized spacial score (nSPS) is 11.3. The molecule has 0 aliphatic rings. The van der Waals surface area contributed by atoms with Crippen LogP contribution in [0.4, 0.5) is 17.1 Å². The van der Waals surface area contributed by atoms with Gasteiger partial charge in [0.05, 0.1) is 22.4 Å². The van der Waals surface area contributed by atoms with Gasteiger partial charge in [-0.3, -0.25) is 0 Å². The van der Waals surface area contributed by atoms with Crippen molar-refractivity contribution in [2.45, 2.75) is 0 Å². The van der Waals surface area contributed by atoms with Gasteiger partial charge in [0.2, 0.25) is 0 Å². The van der Waals surface area contributed by atoms with Gasteiger partial charge in [0, 0.05) is 33.3 Å². The van der Waals surface area contributed by atoms with Crippen LogP contribution in [-0.2, 0) is 0 Å². The zero-order chi connectivity index (χ0) is 35.8. The van der Waals surface area contributed by atoms with Gasteiger partial charge in [-0.2, -0.15) is 0 Å². The molecule has 1 heterocycles. The van der Waals surface area contributed by atoms with Crippen molar-refractivity contribution in [2.24, 2.45) is 0 Å². The Morgan fingerprint density at radius 2 is 0.889 bits per heavy atom. The lowest BCUT2D eigenvalue weighted by Crippen LogP contribution is -2.11. The Balaban J connectivity index is 1.19. The second-order valence-corrected chi connectivity index (χ2v) is 13.8. The first-order valence-electron chi connectivity index (χ1n) is 18.5. The minimum Gasteiger partial charge on any atom is -0.310 e. The van der Waals surface area contributed by atoms with Gasteiger partial charge in [-0.05, 0) is 81.6 Å². The monoisotopic (exact) mass is 688 g/mol. The van der Waals surface area contributed by atoms with Crippen LogP contribution in [0.2, 0.25) is 0 Å². The first-order valence-corrected chi connectivity index (χ1v) is 18.5. The van der Waals surface area contributed by atoms with Crippen LogP contribution in [0.25, 0.3) is 71.6 Å². The predicted molar refractivity (Wildman–Crippen MR) is 229 cm³/mol. The van der Waals surface area contributed by atoms with Gasteiger partial charge in [0.1, 0.15) is 0 Å². The summed E-state index contributed by atoms with van der Waals surface area (Å²) >= 11 is 0. The molecule has 2 nitrogen and oxygen atoms in total. The summed E-state index contributed by atoms with van der Waals surface area (Å²) in [6.07, 6.45) is 0. The Bertz CT molecular complexity index is 2920. The van der Waals surface area contributed by atoms with Crippen molar-refractivity contribution in [1.82, 2.24) is 4.57 Å². The van der Waals surface area contributed by atoms with Crippen LogP contribution >= 0.6 is 0 Å². The number of para-hydroxylation sites is 3. The molecule has 0 N–H and O–H groups in total. The van der Waals surface area contributed by atoms with Crippen molar-refractivity contribution in [1.29, 1.82) is 0 Å². The maximum Gasteiger partial charge on any atom is 0.0562 e. The molecule has 0 bridgehead atoms. The van der Waals surface area contributed by atoms with E-state index in [1.54, 1.807) is 0 Å². The second kappa shape index (κ2) is 13.4. The van der Waals surface area contributed by atoms with Gasteiger partial charge in [0.25, 0.3) is 0 Å². The van der Waals surface area contributed by atoms with E-state index >= 15 is 0 Å². The highest BCUT2D eigenvalue weighted by Gasteiger charge is 2.21. The van der Waals surface area contributed by atoms with Crippen molar-refractivity contribution in [3.63, 3.8) is 0 Å². The molecule has 0 saturated carbocycles. The molecule has 0 saturated heterocycles. The highest BCUT2D eigenvalue weighted by molar-refractivity contribution is 6.11. The molecule has 1 aromatic heterocycles. The Labute approximate surface area is 315 Å². The molecular formula is C52H36N2. The lowest BCUT2D eigenvalue weighted by atomic mass is 9.99. The molecule has 0 atom stereocenters. The van der Waals surface area contributed by atoms with E-state index in [1.165, 1.54) is 60.4 Å². The Morgan fingerprint density at radius 1 is 0.315 bits per heavy atom. The summed E-state index contributed by atoms with van der Waals surface area (Å²) in [4.78, 5) is 2.41. The summed E-state index contributed by atoms with van der Waals surface area (Å²) in [7, 11) is 0. The topological polar surface area (TPSA) is 8.17 Å². The molecule has 0 radical (unpaired) electrons. The van der Waals surface area contributed by atoms with Gasteiger partial charge in [-0.15, -0.1) is 0 Å². The third-order valence-corrected chi connectivity index (χ3v) is 10.6. The summed E-state index contributed by atoms with van der Waals surface area (Å²) in [5.74, 6) is 0. The predicted octanol–water partition coefficient (Wildman–Crippen LogP) is 14.4. The van der Waals surface area contributed by atoms with Crippen molar-refractivity contribution < 1.29 is 0 Å². The van der Waals surface area contributed by atoms with Gasteiger partial charge in [0.15, 0.2) is 0 Å². The van der Waals surface area contributed by atoms with Gasteiger partial charge >= 0.3 is 0 Å². The summed E-state index contributed by atoms with van der Waals surface area (Å²) in [6, 6.07) is 78.9. The number of rotatable bonds is 7. The smallest absolute Gasteiger partial charge is 0.0562 e. The highest BCUT2D eigenvalue weighted by atomic mass is 15.1. The molecule has 0 spiro atoms. The van der Waals surface area contributed by atoms with Crippen LogP contribution in [0.1, 0.15) is 0 Å². The fourth-order valence-corrected chi connectivity index (χ4v) is 8.02. The van der Waals surface area contributed by atoms with Crippen molar-refractivity contribution in [2.75, 3.05) is 4.90 Å². The van der Waals surface area contributed by atoms with E-state index in [0.717, 1.165) is 28.3 Å². The van der Waals surface area contributed by atoms with Crippen LogP contribution in [0.5, 0.6) is 0 Å². The standard InChI is InChI=1S/C52H36N2/c1-3-16-39(17-4-1)45-21-9-12-24-49(45)53(43-31-29-38(30-32-43)42-28-27-37-15-7-8-20-41(37)35-42)44-33-34-48-47-23-11-14-26-51(47)54(52(48)36-44)50-25-13-10-22-46(50)40-18-5-2-6-19-40/h1-36H. The number of aromatic nitrogens is 1. The molecule has 0 fully saturated rings. The number of fused-ring (bicyclic) bond motifs is 4. The number of hydrogen-bond acceptors (Lipinski definition) is 1. The van der Waals surface area contributed by atoms with Gasteiger partial charge < -0.3 is 9.47 Å². The first kappa shape index (κ1) is 31.6. The number of nitrogens with zero attached hydrogens (tertiary/aromatic N) is 2. The van der Waals surface area contributed by atoms with Crippen molar-refractivity contribution >= 4 is 49.6 Å². The molecule has 0 aliphatic carbocycles. The van der Waals surface area contributed by atoms with E-state index in [-0.39, 0.29) is 0 Å². The third kappa shape index (κ3) is 5.53. The lowest BCUT2D eigenvalue weighted by Gasteiger charge is -2.28. The number of hydrogen-bond donors (Lipinski definition) is 0. The summed E-state index contributed by atoms with van der Waals surface area (Å²) < 4.78 is 2.45. The van der Waals surface area contributed by atoms with Gasteiger partial charge in [-0.1, -0.05) is 170 Å². The fourth-order valence-electron chi connectivity index (χ4n) is 8.02. The summed E-state index contributed by atoms with van der Waals surface area (Å²) in [5, 5.41) is 4.95. The molecule has 254 valence electrons. The van der Waals surface area contributed by atoms with Crippen LogP contribution < -0.4 is 4.90 Å². The van der Waals surface area contributed by atoms with E-state index in [1.807, 2.05) is 0 Å². The van der Waals surface area contributed by atoms with Crippen LogP contribution in [0.15, 0.2) is 218 Å². The summed E-state index contributed by atoms with van der Waals surface area (Å²) in [6.45, 7) is 0. The molecule has 10 rings (SSSR count). The quantitative estimate of drug-likeness (QED) is 0.162.